The van der Waals surface area contributed by atoms with Crippen molar-refractivity contribution in [2.45, 2.75) is 51.7 Å². The molecule has 1 aromatic carbocycles. The minimum Gasteiger partial charge on any atom is -0.405 e. The van der Waals surface area contributed by atoms with Gasteiger partial charge in [0.2, 0.25) is 11.8 Å². The van der Waals surface area contributed by atoms with E-state index in [2.05, 4.69) is 15.4 Å². The number of allylic oxidation sites excluding steroid dienone is 2. The van der Waals surface area contributed by atoms with Crippen molar-refractivity contribution < 1.29 is 14.7 Å². The molecule has 35 heavy (non-hydrogen) atoms. The van der Waals surface area contributed by atoms with Crippen molar-refractivity contribution in [3.63, 3.8) is 0 Å². The number of hydrogen-bond acceptors (Lipinski definition) is 8. The molecule has 8 N–H and O–H groups in total. The van der Waals surface area contributed by atoms with Crippen LogP contribution in [0.4, 0.5) is 0 Å². The fourth-order valence-corrected chi connectivity index (χ4v) is 3.88. The molecule has 2 amide bonds. The molecule has 0 bridgehead atoms. The highest BCUT2D eigenvalue weighted by molar-refractivity contribution is 6.29. The van der Waals surface area contributed by atoms with Crippen molar-refractivity contribution in [1.29, 1.82) is 0 Å². The molecule has 1 heterocycles. The van der Waals surface area contributed by atoms with E-state index < -0.39 is 18.1 Å². The number of rotatable bonds is 10. The van der Waals surface area contributed by atoms with Gasteiger partial charge in [-0.05, 0) is 55.2 Å². The van der Waals surface area contributed by atoms with E-state index in [9.17, 15) is 14.7 Å². The zero-order valence-corrected chi connectivity index (χ0v) is 20.6. The first kappa shape index (κ1) is 27.6. The fourth-order valence-electron chi connectivity index (χ4n) is 3.88. The van der Waals surface area contributed by atoms with Crippen molar-refractivity contribution in [3.05, 3.63) is 53.7 Å². The van der Waals surface area contributed by atoms with Crippen LogP contribution in [0.1, 0.15) is 50.8 Å². The van der Waals surface area contributed by atoms with Crippen LogP contribution in [-0.2, 0) is 9.59 Å². The molecular weight excluding hydrogens is 446 g/mol. The lowest BCUT2D eigenvalue weighted by Crippen LogP contribution is -2.50. The van der Waals surface area contributed by atoms with Gasteiger partial charge in [0.25, 0.3) is 0 Å². The number of hydrazone groups is 1. The molecule has 0 radical (unpaired) electrons. The predicted octanol–water partition coefficient (Wildman–Crippen LogP) is 1.03. The van der Waals surface area contributed by atoms with Crippen LogP contribution in [0, 0.1) is 5.92 Å². The lowest BCUT2D eigenvalue weighted by atomic mass is 10.0. The second-order valence-corrected chi connectivity index (χ2v) is 8.80. The van der Waals surface area contributed by atoms with Crippen molar-refractivity contribution >= 4 is 29.4 Å². The molecule has 0 aliphatic carbocycles. The monoisotopic (exact) mass is 483 g/mol. The Balaban J connectivity index is 2.15. The summed E-state index contributed by atoms with van der Waals surface area (Å²) < 4.78 is 0. The van der Waals surface area contributed by atoms with Crippen LogP contribution >= 0.6 is 0 Å². The predicted molar refractivity (Wildman–Crippen MR) is 139 cm³/mol. The number of nitrogens with one attached hydrogen (secondary N) is 1. The Morgan fingerprint density at radius 1 is 1.29 bits per heavy atom. The number of hydrogen-bond donors (Lipinski definition) is 5. The summed E-state index contributed by atoms with van der Waals surface area (Å²) in [6, 6.07) is 5.32. The number of aliphatic imine (C=N–C) groups is 1. The van der Waals surface area contributed by atoms with E-state index >= 15 is 0 Å². The van der Waals surface area contributed by atoms with E-state index in [1.165, 1.54) is 12.4 Å². The third kappa shape index (κ3) is 7.41. The normalized spacial score (nSPS) is 19.0. The molecule has 1 aromatic rings. The number of nitrogens with two attached hydrogens (primary N) is 3. The molecule has 190 valence electrons. The minimum atomic E-state index is -0.645. The Morgan fingerprint density at radius 3 is 2.54 bits per heavy atom. The van der Waals surface area contributed by atoms with Gasteiger partial charge in [-0.25, -0.2) is 0 Å². The van der Waals surface area contributed by atoms with E-state index in [0.29, 0.717) is 30.8 Å². The lowest BCUT2D eigenvalue weighted by Gasteiger charge is -2.29. The number of aliphatic hydroxyl groups excluding tert-OH is 1. The Morgan fingerprint density at radius 2 is 1.97 bits per heavy atom. The first-order valence-electron chi connectivity index (χ1n) is 11.7. The van der Waals surface area contributed by atoms with E-state index in [1.807, 2.05) is 26.0 Å². The van der Waals surface area contributed by atoms with Crippen LogP contribution in [-0.4, -0.2) is 59.0 Å². The summed E-state index contributed by atoms with van der Waals surface area (Å²) in [6.45, 7) is 5.69. The summed E-state index contributed by atoms with van der Waals surface area (Å²) in [7, 11) is 0. The van der Waals surface area contributed by atoms with E-state index in [1.54, 1.807) is 36.1 Å². The van der Waals surface area contributed by atoms with E-state index in [-0.39, 0.29) is 24.3 Å². The molecule has 1 fully saturated rings. The molecule has 3 atom stereocenters. The van der Waals surface area contributed by atoms with Crippen LogP contribution < -0.4 is 22.6 Å². The summed E-state index contributed by atoms with van der Waals surface area (Å²) in [5.41, 5.74) is 13.9. The molecule has 2 rings (SSSR count). The van der Waals surface area contributed by atoms with Crippen LogP contribution in [0.3, 0.4) is 0 Å². The largest absolute Gasteiger partial charge is 0.405 e. The average Bonchev–Trinajstić information content (AvgIpc) is 3.35. The Labute approximate surface area is 206 Å². The zero-order chi connectivity index (χ0) is 26.0. The smallest absolute Gasteiger partial charge is 0.248 e. The van der Waals surface area contributed by atoms with Crippen LogP contribution in [0.15, 0.2) is 52.7 Å². The number of aliphatic hydroxyl groups is 1. The third-order valence-corrected chi connectivity index (χ3v) is 5.88. The van der Waals surface area contributed by atoms with Gasteiger partial charge in [0.1, 0.15) is 12.1 Å². The summed E-state index contributed by atoms with van der Waals surface area (Å²) in [6.07, 6.45) is 7.45. The van der Waals surface area contributed by atoms with Gasteiger partial charge in [-0.3, -0.25) is 14.6 Å². The van der Waals surface area contributed by atoms with Gasteiger partial charge in [-0.2, -0.15) is 5.10 Å². The standard InChI is InChI=1S/C25H37N7O3/c1-16(2)23(29-14-17(3)31-28)25(35)32-13-5-7-22(32)24(34)30-21(15-33)19-10-8-18(9-11-19)20(27)6-4-12-26/h4,6,8-12,14,16,21-23,33H,5,7,13,15,26-28H2,1-3H3,(H,30,34)/b12-4-,20-6-,29-14?,31-17?/t21-,22-,23-/m0/s1. The molecule has 0 unspecified atom stereocenters. The van der Waals surface area contributed by atoms with Crippen LogP contribution in [0.2, 0.25) is 0 Å². The van der Waals surface area contributed by atoms with Crippen molar-refractivity contribution in [2.24, 2.45) is 33.3 Å². The van der Waals surface area contributed by atoms with Crippen molar-refractivity contribution in [1.82, 2.24) is 10.2 Å². The molecule has 1 aliphatic heterocycles. The highest BCUT2D eigenvalue weighted by Crippen LogP contribution is 2.23. The molecule has 10 heteroatoms. The summed E-state index contributed by atoms with van der Waals surface area (Å²) in [5.74, 6) is 4.67. The summed E-state index contributed by atoms with van der Waals surface area (Å²) in [4.78, 5) is 32.4. The number of amides is 2. The van der Waals surface area contributed by atoms with Crippen molar-refractivity contribution in [2.75, 3.05) is 13.2 Å². The van der Waals surface area contributed by atoms with Gasteiger partial charge in [0, 0.05) is 18.5 Å². The molecule has 0 spiro atoms. The van der Waals surface area contributed by atoms with Gasteiger partial charge in [0.15, 0.2) is 0 Å². The van der Waals surface area contributed by atoms with Gasteiger partial charge >= 0.3 is 0 Å². The second-order valence-electron chi connectivity index (χ2n) is 8.80. The summed E-state index contributed by atoms with van der Waals surface area (Å²) in [5, 5.41) is 16.4. The van der Waals surface area contributed by atoms with Crippen molar-refractivity contribution in [3.8, 4) is 0 Å². The third-order valence-electron chi connectivity index (χ3n) is 5.88. The average molecular weight is 484 g/mol. The highest BCUT2D eigenvalue weighted by atomic mass is 16.3. The first-order valence-corrected chi connectivity index (χ1v) is 11.7. The molecule has 0 aromatic heterocycles. The van der Waals surface area contributed by atoms with Gasteiger partial charge in [0.05, 0.1) is 18.4 Å². The number of likely N-dealkylation sites (tertiary alicyclic amines) is 1. The zero-order valence-electron chi connectivity index (χ0n) is 20.6. The Kier molecular flexibility index (Phi) is 10.5. The number of nitrogens with zero attached hydrogens (tertiary/aromatic N) is 3. The van der Waals surface area contributed by atoms with Crippen LogP contribution in [0.25, 0.3) is 5.70 Å². The number of benzene rings is 1. The lowest BCUT2D eigenvalue weighted by molar-refractivity contribution is -0.140. The summed E-state index contributed by atoms with van der Waals surface area (Å²) >= 11 is 0. The Bertz CT molecular complexity index is 983. The number of carbonyl (C=O) groups is 2. The van der Waals surface area contributed by atoms with E-state index in [0.717, 1.165) is 11.1 Å². The number of carbonyl (C=O) groups excluding carboxylic acids is 2. The Hall–Kier alpha value is -3.66. The SMILES string of the molecule is CC(C=N[C@H](C(=O)N1CCC[C@H]1C(=O)N[C@@H](CO)c1ccc(/C(N)=C/C=C\N)cc1)C(C)C)=NN. The topological polar surface area (TPSA) is 172 Å². The van der Waals surface area contributed by atoms with Crippen LogP contribution in [0.5, 0.6) is 0 Å². The maximum Gasteiger partial charge on any atom is 0.248 e. The van der Waals surface area contributed by atoms with Gasteiger partial charge < -0.3 is 32.6 Å². The van der Waals surface area contributed by atoms with Gasteiger partial charge in [-0.15, -0.1) is 0 Å². The minimum absolute atomic E-state index is 0.0702. The van der Waals surface area contributed by atoms with E-state index in [4.69, 9.17) is 17.3 Å². The first-order chi connectivity index (χ1) is 16.7. The molecule has 1 saturated heterocycles. The molecular formula is C25H37N7O3. The molecule has 1 aliphatic rings. The molecule has 0 saturated carbocycles. The highest BCUT2D eigenvalue weighted by Gasteiger charge is 2.38. The second kappa shape index (κ2) is 13.3. The maximum absolute atomic E-state index is 13.3. The molecule has 10 nitrogen and oxygen atoms in total. The quantitative estimate of drug-likeness (QED) is 0.144. The fraction of sp³-hybridized carbons (Fsp3) is 0.440. The van der Waals surface area contributed by atoms with Gasteiger partial charge in [-0.1, -0.05) is 38.1 Å². The maximum atomic E-state index is 13.3.